The molecule has 0 aliphatic carbocycles. The van der Waals surface area contributed by atoms with Gasteiger partial charge >= 0.3 is 5.97 Å². The van der Waals surface area contributed by atoms with E-state index < -0.39 is 11.4 Å². The molecule has 1 saturated heterocycles. The average Bonchev–Trinajstić information content (AvgIpc) is 2.33. The van der Waals surface area contributed by atoms with E-state index in [9.17, 15) is 9.90 Å². The number of benzene rings is 1. The van der Waals surface area contributed by atoms with Crippen LogP contribution in [0.5, 0.6) is 0 Å². The molecule has 1 N–H and O–H groups in total. The number of carboxylic acids is 1. The number of aryl methyl sites for hydroxylation is 1. The number of aliphatic carboxylic acids is 1. The molecule has 1 fully saturated rings. The van der Waals surface area contributed by atoms with Crippen LogP contribution in [0.4, 0.5) is 0 Å². The number of carbonyl (C=O) groups is 1. The molecule has 0 amide bonds. The van der Waals surface area contributed by atoms with Crippen molar-refractivity contribution in [3.8, 4) is 0 Å². The first-order valence-corrected chi connectivity index (χ1v) is 6.80. The second-order valence-electron chi connectivity index (χ2n) is 6.41. The van der Waals surface area contributed by atoms with E-state index in [1.807, 2.05) is 31.2 Å². The molecule has 19 heavy (non-hydrogen) atoms. The number of rotatable bonds is 2. The predicted molar refractivity (Wildman–Crippen MR) is 76.4 cm³/mol. The summed E-state index contributed by atoms with van der Waals surface area (Å²) in [6, 6.07) is 7.96. The fraction of sp³-hybridized carbons (Fsp3) is 0.562. The van der Waals surface area contributed by atoms with Gasteiger partial charge in [-0.3, -0.25) is 4.79 Å². The van der Waals surface area contributed by atoms with Gasteiger partial charge in [0.05, 0.1) is 5.41 Å². The molecule has 0 bridgehead atoms. The van der Waals surface area contributed by atoms with Gasteiger partial charge < -0.3 is 10.0 Å². The molecular weight excluding hydrogens is 238 g/mol. The van der Waals surface area contributed by atoms with Crippen molar-refractivity contribution < 1.29 is 9.90 Å². The summed E-state index contributed by atoms with van der Waals surface area (Å²) in [5.74, 6) is -0.697. The molecule has 3 nitrogen and oxygen atoms in total. The van der Waals surface area contributed by atoms with Crippen LogP contribution in [0.25, 0.3) is 0 Å². The van der Waals surface area contributed by atoms with E-state index in [1.165, 1.54) is 0 Å². The minimum Gasteiger partial charge on any atom is -0.481 e. The molecule has 0 spiro atoms. The van der Waals surface area contributed by atoms with Crippen molar-refractivity contribution in [2.45, 2.75) is 44.6 Å². The fourth-order valence-corrected chi connectivity index (χ4v) is 3.05. The fourth-order valence-electron chi connectivity index (χ4n) is 3.05. The van der Waals surface area contributed by atoms with Gasteiger partial charge in [-0.05, 0) is 52.8 Å². The van der Waals surface area contributed by atoms with Crippen LogP contribution in [-0.4, -0.2) is 35.1 Å². The van der Waals surface area contributed by atoms with E-state index >= 15 is 0 Å². The Kier molecular flexibility index (Phi) is 3.43. The van der Waals surface area contributed by atoms with Crippen LogP contribution in [0.15, 0.2) is 24.3 Å². The Bertz CT molecular complexity index is 478. The topological polar surface area (TPSA) is 40.5 Å². The first kappa shape index (κ1) is 14.1. The highest BCUT2D eigenvalue weighted by molar-refractivity contribution is 5.82. The molecule has 0 aromatic heterocycles. The van der Waals surface area contributed by atoms with E-state index in [-0.39, 0.29) is 5.54 Å². The van der Waals surface area contributed by atoms with Gasteiger partial charge in [0.25, 0.3) is 0 Å². The van der Waals surface area contributed by atoms with Gasteiger partial charge in [-0.15, -0.1) is 0 Å². The van der Waals surface area contributed by atoms with Crippen molar-refractivity contribution in [3.05, 3.63) is 35.4 Å². The maximum absolute atomic E-state index is 11.9. The molecule has 1 unspecified atom stereocenters. The molecule has 104 valence electrons. The Morgan fingerprint density at radius 2 is 1.84 bits per heavy atom. The largest absolute Gasteiger partial charge is 0.481 e. The second-order valence-corrected chi connectivity index (χ2v) is 6.41. The molecule has 1 atom stereocenters. The van der Waals surface area contributed by atoms with Crippen molar-refractivity contribution in [2.24, 2.45) is 0 Å². The standard InChI is InChI=1S/C16H23NO2/c1-12-5-7-13(8-6-12)16(14(18)19)9-10-17(4)15(2,3)11-16/h5-8H,9-11H2,1-4H3,(H,18,19). The highest BCUT2D eigenvalue weighted by atomic mass is 16.4. The van der Waals surface area contributed by atoms with Gasteiger partial charge in [-0.25, -0.2) is 0 Å². The van der Waals surface area contributed by atoms with Crippen molar-refractivity contribution in [3.63, 3.8) is 0 Å². The lowest BCUT2D eigenvalue weighted by molar-refractivity contribution is -0.148. The summed E-state index contributed by atoms with van der Waals surface area (Å²) in [5, 5.41) is 9.81. The molecule has 1 heterocycles. The van der Waals surface area contributed by atoms with E-state index in [4.69, 9.17) is 0 Å². The summed E-state index contributed by atoms with van der Waals surface area (Å²) >= 11 is 0. The molecule has 0 radical (unpaired) electrons. The zero-order valence-electron chi connectivity index (χ0n) is 12.2. The third-order valence-corrected chi connectivity index (χ3v) is 4.66. The Hall–Kier alpha value is -1.35. The molecule has 1 aromatic rings. The molecule has 1 aromatic carbocycles. The molecule has 2 rings (SSSR count). The number of hydrogen-bond donors (Lipinski definition) is 1. The molecule has 3 heteroatoms. The molecule has 1 aliphatic heterocycles. The van der Waals surface area contributed by atoms with Crippen LogP contribution >= 0.6 is 0 Å². The second kappa shape index (κ2) is 4.64. The van der Waals surface area contributed by atoms with Gasteiger partial charge in [0, 0.05) is 5.54 Å². The zero-order chi connectivity index (χ0) is 14.3. The highest BCUT2D eigenvalue weighted by Crippen LogP contribution is 2.42. The van der Waals surface area contributed by atoms with Crippen LogP contribution in [0.1, 0.15) is 37.8 Å². The summed E-state index contributed by atoms with van der Waals surface area (Å²) in [4.78, 5) is 14.2. The van der Waals surface area contributed by atoms with Gasteiger partial charge in [-0.2, -0.15) is 0 Å². The molecule has 1 aliphatic rings. The number of piperidine rings is 1. The minimum absolute atomic E-state index is 0.0957. The Morgan fingerprint density at radius 3 is 2.32 bits per heavy atom. The SMILES string of the molecule is Cc1ccc(C2(C(=O)O)CCN(C)C(C)(C)C2)cc1. The number of likely N-dealkylation sites (tertiary alicyclic amines) is 1. The maximum atomic E-state index is 11.9. The Balaban J connectivity index is 2.45. The summed E-state index contributed by atoms with van der Waals surface area (Å²) in [6.07, 6.45) is 1.32. The van der Waals surface area contributed by atoms with Gasteiger partial charge in [-0.1, -0.05) is 29.8 Å². The molecular formula is C16H23NO2. The Labute approximate surface area is 115 Å². The normalized spacial score (nSPS) is 27.2. The van der Waals surface area contributed by atoms with Crippen molar-refractivity contribution in [1.29, 1.82) is 0 Å². The lowest BCUT2D eigenvalue weighted by Gasteiger charge is -2.48. The van der Waals surface area contributed by atoms with E-state index in [2.05, 4.69) is 25.8 Å². The summed E-state index contributed by atoms with van der Waals surface area (Å²) in [7, 11) is 2.07. The number of hydrogen-bond acceptors (Lipinski definition) is 2. The number of carboxylic acid groups (broad SMARTS) is 1. The van der Waals surface area contributed by atoms with Gasteiger partial charge in [0.2, 0.25) is 0 Å². The van der Waals surface area contributed by atoms with Crippen LogP contribution in [0, 0.1) is 6.92 Å². The third kappa shape index (κ3) is 2.39. The first-order valence-electron chi connectivity index (χ1n) is 6.80. The van der Waals surface area contributed by atoms with Crippen LogP contribution in [0.3, 0.4) is 0 Å². The number of nitrogens with zero attached hydrogens (tertiary/aromatic N) is 1. The van der Waals surface area contributed by atoms with Gasteiger partial charge in [0.15, 0.2) is 0 Å². The van der Waals surface area contributed by atoms with E-state index in [1.54, 1.807) is 0 Å². The molecule has 0 saturated carbocycles. The van der Waals surface area contributed by atoms with Crippen LogP contribution in [0.2, 0.25) is 0 Å². The van der Waals surface area contributed by atoms with Crippen molar-refractivity contribution in [2.75, 3.05) is 13.6 Å². The highest BCUT2D eigenvalue weighted by Gasteiger charge is 2.48. The zero-order valence-corrected chi connectivity index (χ0v) is 12.2. The lowest BCUT2D eigenvalue weighted by Crippen LogP contribution is -2.56. The summed E-state index contributed by atoms with van der Waals surface area (Å²) < 4.78 is 0. The van der Waals surface area contributed by atoms with E-state index in [0.717, 1.165) is 17.7 Å². The quantitative estimate of drug-likeness (QED) is 0.890. The summed E-state index contributed by atoms with van der Waals surface area (Å²) in [5.41, 5.74) is 1.26. The summed E-state index contributed by atoms with van der Waals surface area (Å²) in [6.45, 7) is 7.08. The lowest BCUT2D eigenvalue weighted by atomic mass is 9.66. The smallest absolute Gasteiger partial charge is 0.314 e. The third-order valence-electron chi connectivity index (χ3n) is 4.66. The average molecular weight is 261 g/mol. The first-order chi connectivity index (χ1) is 8.78. The van der Waals surface area contributed by atoms with E-state index in [0.29, 0.717) is 12.8 Å². The minimum atomic E-state index is -0.746. The van der Waals surface area contributed by atoms with Crippen LogP contribution < -0.4 is 0 Å². The Morgan fingerprint density at radius 1 is 1.26 bits per heavy atom. The van der Waals surface area contributed by atoms with Gasteiger partial charge in [0.1, 0.15) is 0 Å². The van der Waals surface area contributed by atoms with Crippen molar-refractivity contribution in [1.82, 2.24) is 4.90 Å². The van der Waals surface area contributed by atoms with Crippen molar-refractivity contribution >= 4 is 5.97 Å². The monoisotopic (exact) mass is 261 g/mol. The predicted octanol–water partition coefficient (Wildman–Crippen LogP) is 2.82. The maximum Gasteiger partial charge on any atom is 0.314 e. The van der Waals surface area contributed by atoms with Crippen LogP contribution in [-0.2, 0) is 10.2 Å².